The van der Waals surface area contributed by atoms with E-state index >= 15 is 0 Å². The number of hydrazone groups is 1. The molecule has 1 amide bonds. The molecule has 0 radical (unpaired) electrons. The lowest BCUT2D eigenvalue weighted by Gasteiger charge is -2.31. The van der Waals surface area contributed by atoms with Crippen molar-refractivity contribution in [3.05, 3.63) is 70.5 Å². The van der Waals surface area contributed by atoms with Gasteiger partial charge in [-0.2, -0.15) is 5.10 Å². The molecule has 0 N–H and O–H groups in total. The summed E-state index contributed by atoms with van der Waals surface area (Å²) in [6.45, 7) is 7.80. The minimum Gasteiger partial charge on any atom is -0.466 e. The second kappa shape index (κ2) is 10.5. The lowest BCUT2D eigenvalue weighted by molar-refractivity contribution is -0.149. The second-order valence-corrected chi connectivity index (χ2v) is 9.18. The molecule has 0 saturated carbocycles. The van der Waals surface area contributed by atoms with Gasteiger partial charge in [-0.05, 0) is 70.0 Å². The molecule has 2 aromatic rings. The van der Waals surface area contributed by atoms with Crippen molar-refractivity contribution >= 4 is 17.6 Å². The first kappa shape index (κ1) is 24.1. The number of benzene rings is 2. The van der Waals surface area contributed by atoms with Crippen LogP contribution in [-0.4, -0.2) is 53.7 Å². The molecule has 0 bridgehead atoms. The topological polar surface area (TPSA) is 62.2 Å². The number of rotatable bonds is 6. The Kier molecular flexibility index (Phi) is 7.41. The molecule has 4 rings (SSSR count). The number of halogens is 1. The number of hydrogen-bond donors (Lipinski definition) is 0. The molecule has 2 aliphatic rings. The number of piperidine rings is 1. The molecule has 34 heavy (non-hydrogen) atoms. The Bertz CT molecular complexity index is 1090. The van der Waals surface area contributed by atoms with E-state index in [0.29, 0.717) is 39.0 Å². The molecule has 1 unspecified atom stereocenters. The average molecular weight is 466 g/mol. The van der Waals surface area contributed by atoms with E-state index in [2.05, 4.69) is 11.0 Å². The number of esters is 1. The zero-order chi connectivity index (χ0) is 24.2. The molecule has 2 aliphatic heterocycles. The monoisotopic (exact) mass is 465 g/mol. The van der Waals surface area contributed by atoms with Crippen LogP contribution in [0.25, 0.3) is 0 Å². The third-order valence-electron chi connectivity index (χ3n) is 6.66. The van der Waals surface area contributed by atoms with E-state index in [1.807, 2.05) is 39.0 Å². The Morgan fingerprint density at radius 1 is 1.12 bits per heavy atom. The molecule has 2 heterocycles. The van der Waals surface area contributed by atoms with Gasteiger partial charge in [-0.15, -0.1) is 0 Å². The predicted octanol–water partition coefficient (Wildman–Crippen LogP) is 4.40. The molecule has 2 aromatic carbocycles. The van der Waals surface area contributed by atoms with Gasteiger partial charge in [0.1, 0.15) is 5.82 Å². The van der Waals surface area contributed by atoms with Gasteiger partial charge in [-0.3, -0.25) is 14.5 Å². The Balaban J connectivity index is 1.52. The van der Waals surface area contributed by atoms with Crippen molar-refractivity contribution in [1.29, 1.82) is 0 Å². The summed E-state index contributed by atoms with van der Waals surface area (Å²) in [4.78, 5) is 27.5. The number of carbonyl (C=O) groups is 2. The number of ether oxygens (including phenoxy) is 1. The van der Waals surface area contributed by atoms with Crippen LogP contribution in [0.15, 0.2) is 47.6 Å². The Morgan fingerprint density at radius 3 is 2.56 bits per heavy atom. The van der Waals surface area contributed by atoms with E-state index in [1.54, 1.807) is 6.07 Å². The number of hydrogen-bond acceptors (Lipinski definition) is 5. The van der Waals surface area contributed by atoms with E-state index in [-0.39, 0.29) is 36.2 Å². The van der Waals surface area contributed by atoms with Crippen LogP contribution in [0.4, 0.5) is 4.39 Å². The molecule has 180 valence electrons. The number of nitrogens with zero attached hydrogens (tertiary/aromatic N) is 3. The molecule has 7 heteroatoms. The summed E-state index contributed by atoms with van der Waals surface area (Å²) < 4.78 is 19.2. The third kappa shape index (κ3) is 5.36. The minimum absolute atomic E-state index is 0.104. The summed E-state index contributed by atoms with van der Waals surface area (Å²) >= 11 is 0. The summed E-state index contributed by atoms with van der Waals surface area (Å²) in [5.74, 6) is -0.705. The minimum atomic E-state index is -0.351. The summed E-state index contributed by atoms with van der Waals surface area (Å²) in [5.41, 5.74) is 4.85. The highest BCUT2D eigenvalue weighted by molar-refractivity contribution is 6.04. The van der Waals surface area contributed by atoms with Crippen molar-refractivity contribution in [2.24, 2.45) is 11.0 Å². The van der Waals surface area contributed by atoms with Crippen LogP contribution in [-0.2, 0) is 14.3 Å². The lowest BCUT2D eigenvalue weighted by atomic mass is 9.95. The molecular formula is C27H32FN3O3. The maximum absolute atomic E-state index is 14.0. The molecule has 0 aromatic heterocycles. The molecule has 1 atom stereocenters. The van der Waals surface area contributed by atoms with E-state index in [1.165, 1.54) is 22.7 Å². The maximum Gasteiger partial charge on any atom is 0.309 e. The van der Waals surface area contributed by atoms with E-state index < -0.39 is 0 Å². The standard InChI is InChI=1S/C27H32FN3O3/c1-4-34-27(33)20-10-12-30(13-11-20)17-26(32)31-25(21-6-5-7-22(28)15-21)16-24(29-31)23-9-8-18(2)14-19(23)3/h5-9,14-15,20,25H,4,10-13,16-17H2,1-3H3. The molecule has 0 spiro atoms. The van der Waals surface area contributed by atoms with Gasteiger partial charge in [0.15, 0.2) is 0 Å². The number of likely N-dealkylation sites (tertiary alicyclic amines) is 1. The smallest absolute Gasteiger partial charge is 0.309 e. The Labute approximate surface area is 200 Å². The van der Waals surface area contributed by atoms with Gasteiger partial charge in [0.05, 0.1) is 30.8 Å². The van der Waals surface area contributed by atoms with Crippen molar-refractivity contribution in [1.82, 2.24) is 9.91 Å². The number of amides is 1. The summed E-state index contributed by atoms with van der Waals surface area (Å²) in [7, 11) is 0. The second-order valence-electron chi connectivity index (χ2n) is 9.18. The summed E-state index contributed by atoms with van der Waals surface area (Å²) in [6, 6.07) is 12.2. The summed E-state index contributed by atoms with van der Waals surface area (Å²) in [5, 5.41) is 6.28. The third-order valence-corrected chi connectivity index (χ3v) is 6.66. The predicted molar refractivity (Wildman–Crippen MR) is 129 cm³/mol. The lowest BCUT2D eigenvalue weighted by Crippen LogP contribution is -2.43. The first-order chi connectivity index (χ1) is 16.4. The highest BCUT2D eigenvalue weighted by atomic mass is 19.1. The Hall–Kier alpha value is -3.06. The van der Waals surface area contributed by atoms with Crippen molar-refractivity contribution in [3.8, 4) is 0 Å². The van der Waals surface area contributed by atoms with Gasteiger partial charge in [-0.1, -0.05) is 35.9 Å². The quantitative estimate of drug-likeness (QED) is 0.594. The van der Waals surface area contributed by atoms with Crippen LogP contribution in [0.2, 0.25) is 0 Å². The van der Waals surface area contributed by atoms with E-state index in [4.69, 9.17) is 9.84 Å². The van der Waals surface area contributed by atoms with Crippen LogP contribution in [0.5, 0.6) is 0 Å². The summed E-state index contributed by atoms with van der Waals surface area (Å²) in [6.07, 6.45) is 1.89. The highest BCUT2D eigenvalue weighted by Gasteiger charge is 2.35. The van der Waals surface area contributed by atoms with Gasteiger partial charge < -0.3 is 4.74 Å². The van der Waals surface area contributed by atoms with Crippen molar-refractivity contribution in [2.75, 3.05) is 26.2 Å². The largest absolute Gasteiger partial charge is 0.466 e. The Morgan fingerprint density at radius 2 is 1.88 bits per heavy atom. The first-order valence-corrected chi connectivity index (χ1v) is 12.0. The first-order valence-electron chi connectivity index (χ1n) is 12.0. The van der Waals surface area contributed by atoms with Crippen molar-refractivity contribution < 1.29 is 18.7 Å². The number of carbonyl (C=O) groups excluding carboxylic acids is 2. The van der Waals surface area contributed by atoms with E-state index in [9.17, 15) is 14.0 Å². The fourth-order valence-electron chi connectivity index (χ4n) is 4.86. The normalized spacial score (nSPS) is 19.2. The van der Waals surface area contributed by atoms with Gasteiger partial charge in [0, 0.05) is 12.0 Å². The van der Waals surface area contributed by atoms with Crippen LogP contribution in [0.3, 0.4) is 0 Å². The van der Waals surface area contributed by atoms with Gasteiger partial charge in [-0.25, -0.2) is 9.40 Å². The molecule has 1 fully saturated rings. The maximum atomic E-state index is 14.0. The fourth-order valence-corrected chi connectivity index (χ4v) is 4.86. The SMILES string of the molecule is CCOC(=O)C1CCN(CC(=O)N2N=C(c3ccc(C)cc3C)CC2c2cccc(F)c2)CC1. The molecule has 0 aliphatic carbocycles. The van der Waals surface area contributed by atoms with Gasteiger partial charge in [0.2, 0.25) is 0 Å². The van der Waals surface area contributed by atoms with Gasteiger partial charge >= 0.3 is 5.97 Å². The zero-order valence-electron chi connectivity index (χ0n) is 20.1. The van der Waals surface area contributed by atoms with Crippen LogP contribution >= 0.6 is 0 Å². The van der Waals surface area contributed by atoms with Gasteiger partial charge in [0.25, 0.3) is 5.91 Å². The molecular weight excluding hydrogens is 433 g/mol. The highest BCUT2D eigenvalue weighted by Crippen LogP contribution is 2.34. The zero-order valence-corrected chi connectivity index (χ0v) is 20.1. The van der Waals surface area contributed by atoms with Crippen molar-refractivity contribution in [3.63, 3.8) is 0 Å². The van der Waals surface area contributed by atoms with Crippen LogP contribution in [0.1, 0.15) is 54.5 Å². The van der Waals surface area contributed by atoms with Crippen molar-refractivity contribution in [2.45, 2.75) is 46.1 Å². The van der Waals surface area contributed by atoms with Crippen LogP contribution < -0.4 is 0 Å². The van der Waals surface area contributed by atoms with E-state index in [0.717, 1.165) is 22.4 Å². The number of aryl methyl sites for hydroxylation is 2. The molecule has 1 saturated heterocycles. The fraction of sp³-hybridized carbons (Fsp3) is 0.444. The average Bonchev–Trinajstić information content (AvgIpc) is 3.25. The molecule has 6 nitrogen and oxygen atoms in total. The van der Waals surface area contributed by atoms with Crippen LogP contribution in [0, 0.1) is 25.6 Å².